The molecule has 0 spiro atoms. The highest BCUT2D eigenvalue weighted by Crippen LogP contribution is 2.35. The van der Waals surface area contributed by atoms with Crippen LogP contribution in [0.5, 0.6) is 5.75 Å². The topological polar surface area (TPSA) is 35.3 Å². The van der Waals surface area contributed by atoms with E-state index in [2.05, 4.69) is 20.9 Å². The molecular formula is C12H14BrNO2. The van der Waals surface area contributed by atoms with Gasteiger partial charge in [0.1, 0.15) is 5.75 Å². The fourth-order valence-electron chi connectivity index (χ4n) is 1.26. The standard InChI is InChI=1S/C10H8BrNO2.C2H6/c1-13-10-7(3-2-4-8(10)11)9-5-12-6-14-9;1-2/h2-6H,1H3;1-2H3. The highest BCUT2D eigenvalue weighted by molar-refractivity contribution is 9.10. The van der Waals surface area contributed by atoms with Gasteiger partial charge >= 0.3 is 0 Å². The van der Waals surface area contributed by atoms with E-state index in [4.69, 9.17) is 9.15 Å². The third-order valence-electron chi connectivity index (χ3n) is 1.87. The van der Waals surface area contributed by atoms with Crippen LogP contribution in [0.3, 0.4) is 0 Å². The van der Waals surface area contributed by atoms with Gasteiger partial charge in [-0.15, -0.1) is 0 Å². The summed E-state index contributed by atoms with van der Waals surface area (Å²) in [5.41, 5.74) is 0.888. The first-order valence-corrected chi connectivity index (χ1v) is 5.83. The summed E-state index contributed by atoms with van der Waals surface area (Å²) < 4.78 is 11.4. The first-order valence-electron chi connectivity index (χ1n) is 5.04. The Morgan fingerprint density at radius 1 is 1.31 bits per heavy atom. The molecule has 0 amide bonds. The van der Waals surface area contributed by atoms with Gasteiger partial charge < -0.3 is 9.15 Å². The Bertz CT molecular complexity index is 427. The zero-order valence-electron chi connectivity index (χ0n) is 9.53. The number of aromatic nitrogens is 1. The molecule has 0 aliphatic carbocycles. The summed E-state index contributed by atoms with van der Waals surface area (Å²) in [6.07, 6.45) is 3.06. The molecule has 0 aliphatic rings. The van der Waals surface area contributed by atoms with Crippen molar-refractivity contribution in [2.24, 2.45) is 0 Å². The Kier molecular flexibility index (Phi) is 5.05. The lowest BCUT2D eigenvalue weighted by Gasteiger charge is -2.07. The van der Waals surface area contributed by atoms with Crippen molar-refractivity contribution in [3.05, 3.63) is 35.3 Å². The molecule has 1 aromatic carbocycles. The molecule has 3 nitrogen and oxygen atoms in total. The van der Waals surface area contributed by atoms with E-state index < -0.39 is 0 Å². The molecule has 1 aromatic heterocycles. The minimum absolute atomic E-state index is 0.697. The first kappa shape index (κ1) is 12.8. The van der Waals surface area contributed by atoms with Crippen LogP contribution in [0.2, 0.25) is 0 Å². The maximum Gasteiger partial charge on any atom is 0.181 e. The van der Waals surface area contributed by atoms with E-state index in [1.807, 2.05) is 32.0 Å². The second-order valence-corrected chi connectivity index (χ2v) is 3.54. The highest BCUT2D eigenvalue weighted by Gasteiger charge is 2.10. The zero-order valence-corrected chi connectivity index (χ0v) is 11.1. The minimum Gasteiger partial charge on any atom is -0.495 e. The largest absolute Gasteiger partial charge is 0.495 e. The average molecular weight is 284 g/mol. The Balaban J connectivity index is 0.000000606. The van der Waals surface area contributed by atoms with Gasteiger partial charge in [0.25, 0.3) is 0 Å². The monoisotopic (exact) mass is 283 g/mol. The predicted octanol–water partition coefficient (Wildman–Crippen LogP) is 4.14. The molecule has 0 unspecified atom stereocenters. The van der Waals surface area contributed by atoms with Crippen molar-refractivity contribution in [2.75, 3.05) is 7.11 Å². The summed E-state index contributed by atoms with van der Waals surface area (Å²) in [5, 5.41) is 0. The number of oxazole rings is 1. The Labute approximate surface area is 104 Å². The van der Waals surface area contributed by atoms with Gasteiger partial charge in [-0.25, -0.2) is 4.98 Å². The number of halogens is 1. The minimum atomic E-state index is 0.697. The van der Waals surface area contributed by atoms with Crippen LogP contribution in [-0.4, -0.2) is 12.1 Å². The van der Waals surface area contributed by atoms with Crippen LogP contribution in [0.25, 0.3) is 11.3 Å². The van der Waals surface area contributed by atoms with Gasteiger partial charge in [-0.1, -0.05) is 19.9 Å². The third-order valence-corrected chi connectivity index (χ3v) is 2.49. The van der Waals surface area contributed by atoms with Crippen molar-refractivity contribution in [1.82, 2.24) is 4.98 Å². The predicted molar refractivity (Wildman–Crippen MR) is 67.5 cm³/mol. The number of benzene rings is 1. The second kappa shape index (κ2) is 6.33. The molecule has 2 rings (SSSR count). The summed E-state index contributed by atoms with van der Waals surface area (Å²) in [7, 11) is 1.62. The maximum atomic E-state index is 5.27. The van der Waals surface area contributed by atoms with Crippen molar-refractivity contribution in [1.29, 1.82) is 0 Å². The molecule has 0 atom stereocenters. The normalized spacial score (nSPS) is 9.25. The number of methoxy groups -OCH3 is 1. The fraction of sp³-hybridized carbons (Fsp3) is 0.250. The fourth-order valence-corrected chi connectivity index (χ4v) is 1.79. The summed E-state index contributed by atoms with van der Waals surface area (Å²) in [4.78, 5) is 3.87. The van der Waals surface area contributed by atoms with Crippen molar-refractivity contribution < 1.29 is 9.15 Å². The first-order chi connectivity index (χ1) is 7.83. The van der Waals surface area contributed by atoms with Crippen LogP contribution < -0.4 is 4.74 Å². The number of nitrogens with zero attached hydrogens (tertiary/aromatic N) is 1. The van der Waals surface area contributed by atoms with E-state index in [0.29, 0.717) is 5.76 Å². The molecule has 0 fully saturated rings. The smallest absolute Gasteiger partial charge is 0.181 e. The third kappa shape index (κ3) is 2.64. The zero-order chi connectivity index (χ0) is 12.0. The van der Waals surface area contributed by atoms with Crippen LogP contribution in [0.4, 0.5) is 0 Å². The van der Waals surface area contributed by atoms with Gasteiger partial charge in [0.05, 0.1) is 23.3 Å². The lowest BCUT2D eigenvalue weighted by atomic mass is 10.1. The van der Waals surface area contributed by atoms with E-state index in [-0.39, 0.29) is 0 Å². The van der Waals surface area contributed by atoms with E-state index in [9.17, 15) is 0 Å². The van der Waals surface area contributed by atoms with Crippen molar-refractivity contribution in [3.8, 4) is 17.1 Å². The number of ether oxygens (including phenoxy) is 1. The number of hydrogen-bond acceptors (Lipinski definition) is 3. The maximum absolute atomic E-state index is 5.27. The van der Waals surface area contributed by atoms with Crippen LogP contribution in [-0.2, 0) is 0 Å². The average Bonchev–Trinajstić information content (AvgIpc) is 2.85. The van der Waals surface area contributed by atoms with Gasteiger partial charge in [-0.2, -0.15) is 0 Å². The van der Waals surface area contributed by atoms with E-state index in [1.165, 1.54) is 6.39 Å². The Hall–Kier alpha value is -1.29. The van der Waals surface area contributed by atoms with Crippen molar-refractivity contribution >= 4 is 15.9 Å². The van der Waals surface area contributed by atoms with Gasteiger partial charge in [-0.05, 0) is 28.1 Å². The van der Waals surface area contributed by atoms with Gasteiger partial charge in [0.15, 0.2) is 12.2 Å². The lowest BCUT2D eigenvalue weighted by molar-refractivity contribution is 0.412. The number of para-hydroxylation sites is 1. The molecule has 86 valence electrons. The molecule has 0 aliphatic heterocycles. The summed E-state index contributed by atoms with van der Waals surface area (Å²) in [6, 6.07) is 5.76. The van der Waals surface area contributed by atoms with Gasteiger partial charge in [-0.3, -0.25) is 0 Å². The molecule has 16 heavy (non-hydrogen) atoms. The Morgan fingerprint density at radius 2 is 2.06 bits per heavy atom. The second-order valence-electron chi connectivity index (χ2n) is 2.69. The van der Waals surface area contributed by atoms with Crippen LogP contribution in [0.1, 0.15) is 13.8 Å². The summed E-state index contributed by atoms with van der Waals surface area (Å²) in [6.45, 7) is 4.00. The van der Waals surface area contributed by atoms with Gasteiger partial charge in [0, 0.05) is 0 Å². The van der Waals surface area contributed by atoms with Crippen LogP contribution in [0.15, 0.2) is 39.7 Å². The molecule has 0 saturated carbocycles. The molecule has 0 bridgehead atoms. The molecule has 2 aromatic rings. The number of hydrogen-bond donors (Lipinski definition) is 0. The van der Waals surface area contributed by atoms with E-state index in [0.717, 1.165) is 15.8 Å². The molecule has 0 N–H and O–H groups in total. The molecule has 0 saturated heterocycles. The van der Waals surface area contributed by atoms with Crippen molar-refractivity contribution in [3.63, 3.8) is 0 Å². The Morgan fingerprint density at radius 3 is 2.62 bits per heavy atom. The highest BCUT2D eigenvalue weighted by atomic mass is 79.9. The molecule has 1 heterocycles. The molecular weight excluding hydrogens is 270 g/mol. The SMILES string of the molecule is CC.COc1c(Br)cccc1-c1cnco1. The van der Waals surface area contributed by atoms with E-state index >= 15 is 0 Å². The van der Waals surface area contributed by atoms with Crippen molar-refractivity contribution in [2.45, 2.75) is 13.8 Å². The van der Waals surface area contributed by atoms with Crippen LogP contribution in [0, 0.1) is 0 Å². The summed E-state index contributed by atoms with van der Waals surface area (Å²) in [5.74, 6) is 1.45. The van der Waals surface area contributed by atoms with Crippen LogP contribution >= 0.6 is 15.9 Å². The summed E-state index contributed by atoms with van der Waals surface area (Å²) >= 11 is 3.41. The lowest BCUT2D eigenvalue weighted by Crippen LogP contribution is -1.87. The number of rotatable bonds is 2. The molecule has 0 radical (unpaired) electrons. The van der Waals surface area contributed by atoms with E-state index in [1.54, 1.807) is 13.3 Å². The molecule has 4 heteroatoms. The quantitative estimate of drug-likeness (QED) is 0.831. The van der Waals surface area contributed by atoms with Gasteiger partial charge in [0.2, 0.25) is 0 Å².